The van der Waals surface area contributed by atoms with Crippen molar-refractivity contribution in [1.82, 2.24) is 4.90 Å². The van der Waals surface area contributed by atoms with Crippen molar-refractivity contribution >= 4 is 17.0 Å². The van der Waals surface area contributed by atoms with Crippen molar-refractivity contribution in [3.63, 3.8) is 0 Å². The first-order valence-electron chi connectivity index (χ1n) is 7.64. The van der Waals surface area contributed by atoms with Gasteiger partial charge in [0.25, 0.3) is 0 Å². The summed E-state index contributed by atoms with van der Waals surface area (Å²) in [7, 11) is 0. The van der Waals surface area contributed by atoms with Crippen LogP contribution in [0.2, 0.25) is 0 Å². The highest BCUT2D eigenvalue weighted by Gasteiger charge is 2.32. The molecular weight excluding hydrogens is 280 g/mol. The molecule has 1 fully saturated rings. The molecular formula is C17H20N2OS. The topological polar surface area (TPSA) is 24.5 Å². The lowest BCUT2D eigenvalue weighted by atomic mass is 10.2. The summed E-state index contributed by atoms with van der Waals surface area (Å²) in [4.78, 5) is 4.04. The van der Waals surface area contributed by atoms with E-state index in [1.54, 1.807) is 0 Å². The summed E-state index contributed by atoms with van der Waals surface area (Å²) in [5.74, 6) is 0.987. The fourth-order valence-corrected chi connectivity index (χ4v) is 3.64. The number of nitrogens with zero attached hydrogens (tertiary/aromatic N) is 1. The molecule has 2 aromatic rings. The third-order valence-electron chi connectivity index (χ3n) is 4.14. The first kappa shape index (κ1) is 13.2. The largest absolute Gasteiger partial charge is 0.485 e. The molecule has 1 aromatic carbocycles. The van der Waals surface area contributed by atoms with Gasteiger partial charge in [-0.25, -0.2) is 0 Å². The van der Waals surface area contributed by atoms with E-state index in [-0.39, 0.29) is 6.10 Å². The monoisotopic (exact) mass is 300 g/mol. The summed E-state index contributed by atoms with van der Waals surface area (Å²) in [5, 5.41) is 5.65. The Morgan fingerprint density at radius 3 is 2.90 bits per heavy atom. The lowest BCUT2D eigenvalue weighted by Gasteiger charge is -2.32. The zero-order chi connectivity index (χ0) is 14.1. The third kappa shape index (κ3) is 3.06. The van der Waals surface area contributed by atoms with Gasteiger partial charge in [-0.2, -0.15) is 0 Å². The summed E-state index contributed by atoms with van der Waals surface area (Å²) in [5.41, 5.74) is 1.12. The molecule has 2 heterocycles. The van der Waals surface area contributed by atoms with Crippen LogP contribution in [0.3, 0.4) is 0 Å². The second kappa shape index (κ2) is 5.70. The van der Waals surface area contributed by atoms with Gasteiger partial charge in [0.15, 0.2) is 0 Å². The molecule has 110 valence electrons. The molecule has 0 amide bonds. The average molecular weight is 300 g/mol. The van der Waals surface area contributed by atoms with E-state index in [0.717, 1.165) is 37.1 Å². The van der Waals surface area contributed by atoms with E-state index < -0.39 is 0 Å². The second-order valence-electron chi connectivity index (χ2n) is 5.86. The van der Waals surface area contributed by atoms with Gasteiger partial charge in [0.05, 0.1) is 12.2 Å². The maximum absolute atomic E-state index is 6.16. The van der Waals surface area contributed by atoms with Gasteiger partial charge in [-0.1, -0.05) is 18.2 Å². The Hall–Kier alpha value is -1.52. The number of fused-ring (bicyclic) bond motifs is 1. The van der Waals surface area contributed by atoms with Gasteiger partial charge in [0.1, 0.15) is 11.9 Å². The first-order valence-corrected chi connectivity index (χ1v) is 8.52. The number of hydrogen-bond acceptors (Lipinski definition) is 4. The van der Waals surface area contributed by atoms with Crippen molar-refractivity contribution in [2.75, 3.05) is 18.4 Å². The molecule has 3 nitrogen and oxygen atoms in total. The van der Waals surface area contributed by atoms with Crippen molar-refractivity contribution in [1.29, 1.82) is 0 Å². The van der Waals surface area contributed by atoms with Gasteiger partial charge in [0, 0.05) is 24.0 Å². The molecule has 1 aliphatic carbocycles. The van der Waals surface area contributed by atoms with Gasteiger partial charge in [-0.15, -0.1) is 11.3 Å². The summed E-state index contributed by atoms with van der Waals surface area (Å²) in [6.45, 7) is 2.96. The summed E-state index contributed by atoms with van der Waals surface area (Å²) >= 11 is 1.85. The number of ether oxygens (including phenoxy) is 1. The quantitative estimate of drug-likeness (QED) is 0.913. The van der Waals surface area contributed by atoms with Crippen LogP contribution in [0.5, 0.6) is 5.75 Å². The molecule has 0 saturated heterocycles. The summed E-state index contributed by atoms with van der Waals surface area (Å²) in [6.07, 6.45) is 2.91. The minimum atomic E-state index is 0.237. The molecule has 2 aliphatic rings. The highest BCUT2D eigenvalue weighted by molar-refractivity contribution is 7.09. The lowest BCUT2D eigenvalue weighted by molar-refractivity contribution is 0.127. The van der Waals surface area contributed by atoms with E-state index in [2.05, 4.69) is 39.9 Å². The Labute approximate surface area is 129 Å². The van der Waals surface area contributed by atoms with E-state index in [1.165, 1.54) is 17.7 Å². The Kier molecular flexibility index (Phi) is 3.57. The maximum atomic E-state index is 6.16. The molecule has 1 N–H and O–H groups in total. The predicted octanol–water partition coefficient (Wildman–Crippen LogP) is 3.59. The zero-order valence-corrected chi connectivity index (χ0v) is 12.8. The summed E-state index contributed by atoms with van der Waals surface area (Å²) < 4.78 is 6.16. The number of rotatable bonds is 5. The predicted molar refractivity (Wildman–Crippen MR) is 87.1 cm³/mol. The zero-order valence-electron chi connectivity index (χ0n) is 12.0. The SMILES string of the molecule is c1csc(CN(CC2CNc3ccccc3O2)C2CC2)c1. The fourth-order valence-electron chi connectivity index (χ4n) is 2.91. The highest BCUT2D eigenvalue weighted by Crippen LogP contribution is 2.32. The van der Waals surface area contributed by atoms with Gasteiger partial charge in [0.2, 0.25) is 0 Å². The molecule has 1 saturated carbocycles. The second-order valence-corrected chi connectivity index (χ2v) is 6.89. The van der Waals surface area contributed by atoms with Crippen LogP contribution >= 0.6 is 11.3 Å². The molecule has 1 unspecified atom stereocenters. The number of para-hydroxylation sites is 2. The Morgan fingerprint density at radius 2 is 2.10 bits per heavy atom. The molecule has 0 radical (unpaired) electrons. The maximum Gasteiger partial charge on any atom is 0.142 e. The van der Waals surface area contributed by atoms with Gasteiger partial charge in [-0.3, -0.25) is 4.90 Å². The molecule has 4 rings (SSSR count). The van der Waals surface area contributed by atoms with Crippen LogP contribution in [0, 0.1) is 0 Å². The third-order valence-corrected chi connectivity index (χ3v) is 5.00. The van der Waals surface area contributed by atoms with Gasteiger partial charge in [-0.05, 0) is 36.4 Å². The van der Waals surface area contributed by atoms with Crippen molar-refractivity contribution < 1.29 is 4.74 Å². The van der Waals surface area contributed by atoms with Crippen molar-refractivity contribution in [3.05, 3.63) is 46.7 Å². The molecule has 1 aliphatic heterocycles. The van der Waals surface area contributed by atoms with Crippen LogP contribution in [0.1, 0.15) is 17.7 Å². The standard InChI is InChI=1S/C17H20N2OS/c1-2-6-17-16(5-1)18-10-14(20-17)11-19(13-7-8-13)12-15-4-3-9-21-15/h1-6,9,13-14,18H,7-8,10-12H2. The van der Waals surface area contributed by atoms with E-state index in [1.807, 2.05) is 23.5 Å². The first-order chi connectivity index (χ1) is 10.4. The summed E-state index contributed by atoms with van der Waals surface area (Å²) in [6, 6.07) is 13.3. The normalized spacial score (nSPS) is 20.7. The fraction of sp³-hybridized carbons (Fsp3) is 0.412. The van der Waals surface area contributed by atoms with Crippen LogP contribution in [0.4, 0.5) is 5.69 Å². The van der Waals surface area contributed by atoms with E-state index in [0.29, 0.717) is 0 Å². The molecule has 1 atom stereocenters. The molecule has 1 aromatic heterocycles. The Morgan fingerprint density at radius 1 is 1.19 bits per heavy atom. The van der Waals surface area contributed by atoms with Crippen LogP contribution < -0.4 is 10.1 Å². The van der Waals surface area contributed by atoms with E-state index in [4.69, 9.17) is 4.74 Å². The number of hydrogen-bond donors (Lipinski definition) is 1. The van der Waals surface area contributed by atoms with E-state index in [9.17, 15) is 0 Å². The van der Waals surface area contributed by atoms with Gasteiger partial charge < -0.3 is 10.1 Å². The Balaban J connectivity index is 1.42. The van der Waals surface area contributed by atoms with Crippen molar-refractivity contribution in [2.45, 2.75) is 31.5 Å². The molecule has 4 heteroatoms. The molecule has 0 spiro atoms. The van der Waals surface area contributed by atoms with E-state index >= 15 is 0 Å². The molecule has 21 heavy (non-hydrogen) atoms. The van der Waals surface area contributed by atoms with Crippen molar-refractivity contribution in [3.8, 4) is 5.75 Å². The number of anilines is 1. The lowest BCUT2D eigenvalue weighted by Crippen LogP contribution is -2.42. The minimum Gasteiger partial charge on any atom is -0.485 e. The molecule has 0 bridgehead atoms. The smallest absolute Gasteiger partial charge is 0.142 e. The minimum absolute atomic E-state index is 0.237. The van der Waals surface area contributed by atoms with Crippen molar-refractivity contribution in [2.24, 2.45) is 0 Å². The number of thiophene rings is 1. The van der Waals surface area contributed by atoms with Crippen LogP contribution in [-0.2, 0) is 6.54 Å². The van der Waals surface area contributed by atoms with Crippen LogP contribution in [-0.4, -0.2) is 30.1 Å². The van der Waals surface area contributed by atoms with Crippen LogP contribution in [0.25, 0.3) is 0 Å². The number of benzene rings is 1. The Bertz CT molecular complexity index is 595. The van der Waals surface area contributed by atoms with Gasteiger partial charge >= 0.3 is 0 Å². The number of nitrogens with one attached hydrogen (secondary N) is 1. The van der Waals surface area contributed by atoms with Crippen LogP contribution in [0.15, 0.2) is 41.8 Å². The average Bonchev–Trinajstić information content (AvgIpc) is 3.24. The highest BCUT2D eigenvalue weighted by atomic mass is 32.1.